The van der Waals surface area contributed by atoms with E-state index in [-0.39, 0.29) is 30.0 Å². The lowest BCUT2D eigenvalue weighted by molar-refractivity contribution is -0.132. The smallest absolute Gasteiger partial charge is 0.411 e. The lowest BCUT2D eigenvalue weighted by Gasteiger charge is -2.54. The molecule has 1 aromatic rings. The molecular weight excluding hydrogens is 537 g/mol. The van der Waals surface area contributed by atoms with Crippen molar-refractivity contribution in [3.63, 3.8) is 0 Å². The molecule has 4 nitrogen and oxygen atoms in total. The fraction of sp³-hybridized carbons (Fsp3) is 0.600. The lowest BCUT2D eigenvalue weighted by Crippen LogP contribution is -2.50. The summed E-state index contributed by atoms with van der Waals surface area (Å²) in [5.74, 6) is 4.30. The summed E-state index contributed by atoms with van der Waals surface area (Å²) in [6.07, 6.45) is 6.12. The number of anilines is 1. The van der Waals surface area contributed by atoms with Crippen molar-refractivity contribution in [3.8, 4) is 11.8 Å². The summed E-state index contributed by atoms with van der Waals surface area (Å²) >= 11 is 0. The Kier molecular flexibility index (Phi) is 7.56. The number of hydrogen-bond donors (Lipinski definition) is 1. The average Bonchev–Trinajstić information content (AvgIpc) is 3.31. The van der Waals surface area contributed by atoms with Gasteiger partial charge in [0, 0.05) is 37.0 Å². The summed E-state index contributed by atoms with van der Waals surface area (Å²) < 4.78 is 40.5. The first kappa shape index (κ1) is 29.1. The van der Waals surface area contributed by atoms with Gasteiger partial charge in [-0.15, -0.1) is 0 Å². The molecule has 5 aliphatic rings. The van der Waals surface area contributed by atoms with E-state index in [4.69, 9.17) is 0 Å². The Morgan fingerprint density at radius 3 is 2.50 bits per heavy atom. The first-order valence-electron chi connectivity index (χ1n) is 15.7. The van der Waals surface area contributed by atoms with Gasteiger partial charge in [0.25, 0.3) is 0 Å². The molecule has 1 aromatic carbocycles. The molecule has 0 aromatic heterocycles. The van der Waals surface area contributed by atoms with Crippen LogP contribution in [0.5, 0.6) is 0 Å². The summed E-state index contributed by atoms with van der Waals surface area (Å²) in [7, 11) is 0. The second-order valence-electron chi connectivity index (χ2n) is 13.2. The number of halogens is 3. The quantitative estimate of drug-likeness (QED) is 0.222. The number of benzene rings is 1. The molecule has 0 unspecified atom stereocenters. The topological polar surface area (TPSA) is 52.9 Å². The van der Waals surface area contributed by atoms with Crippen molar-refractivity contribution < 1.29 is 23.2 Å². The number of fused-ring (bicyclic) bond motifs is 4. The predicted octanol–water partition coefficient (Wildman–Crippen LogP) is 8.37. The maximum atomic E-state index is 13.7. The van der Waals surface area contributed by atoms with E-state index in [2.05, 4.69) is 47.2 Å². The Hall–Kier alpha value is -3.01. The van der Waals surface area contributed by atoms with Crippen molar-refractivity contribution in [3.05, 3.63) is 52.6 Å². The van der Waals surface area contributed by atoms with Gasteiger partial charge in [0.1, 0.15) is 0 Å². The molecular formula is C35H41F3N2O2. The Morgan fingerprint density at radius 2 is 1.83 bits per heavy atom. The highest BCUT2D eigenvalue weighted by Gasteiger charge is 2.65. The van der Waals surface area contributed by atoms with Crippen LogP contribution in [0.1, 0.15) is 96.0 Å². The first-order chi connectivity index (χ1) is 20.1. The summed E-state index contributed by atoms with van der Waals surface area (Å²) in [5, 5.41) is 13.0. The normalized spacial score (nSPS) is 33.7. The molecule has 1 saturated heterocycles. The highest BCUT2D eigenvalue weighted by molar-refractivity contribution is 5.97. The van der Waals surface area contributed by atoms with Gasteiger partial charge in [0.2, 0.25) is 0 Å². The molecule has 1 aliphatic heterocycles. The van der Waals surface area contributed by atoms with Crippen LogP contribution in [0.3, 0.4) is 0 Å². The third-order valence-corrected chi connectivity index (χ3v) is 11.3. The van der Waals surface area contributed by atoms with Gasteiger partial charge in [-0.05, 0) is 116 Å². The third kappa shape index (κ3) is 4.79. The zero-order valence-corrected chi connectivity index (χ0v) is 24.7. The van der Waals surface area contributed by atoms with E-state index in [1.165, 1.54) is 47.2 Å². The molecule has 6 rings (SSSR count). The average molecular weight is 579 g/mol. The number of carbonyl (C=O) groups excluding carboxylic acids is 1. The third-order valence-electron chi connectivity index (χ3n) is 11.3. The molecule has 1 heterocycles. The second kappa shape index (κ2) is 10.9. The standard InChI is InChI=1S/C35H41F3N2O2/c1-3-31(41)34(17-18-35(36,37)38)16-15-30-28-13-9-24-21-25(39-42)10-14-27(24)32(28)29(22-33(30,34)2)23-7-11-26(12-8-23)40-19-5-4-6-20-40/h7-8,11-12,21,28-30,42H,3-6,9-10,13-16,19-20,22H2,1-2H3/b39-25+/t28-,29+,30-,33-,34-/m0/s1. The summed E-state index contributed by atoms with van der Waals surface area (Å²) in [6.45, 7) is 5.94. The van der Waals surface area contributed by atoms with Crippen LogP contribution in [0, 0.1) is 34.5 Å². The Bertz CT molecular complexity index is 1390. The Labute approximate surface area is 247 Å². The van der Waals surface area contributed by atoms with Crippen LogP contribution in [0.2, 0.25) is 0 Å². The molecule has 1 N–H and O–H groups in total. The van der Waals surface area contributed by atoms with Gasteiger partial charge in [-0.3, -0.25) is 4.79 Å². The SMILES string of the molecule is CCC(=O)[C@@]1(C#CC(F)(F)F)CC[C@H]2[C@@H]3CCC4=C/C(=N/O)CCC4=C3[C@@H](c3ccc(N4CCCCC4)cc3)C[C@@]21C. The van der Waals surface area contributed by atoms with Crippen LogP contribution in [0.4, 0.5) is 18.9 Å². The van der Waals surface area contributed by atoms with E-state index in [0.717, 1.165) is 32.4 Å². The molecule has 42 heavy (non-hydrogen) atoms. The molecule has 3 fully saturated rings. The van der Waals surface area contributed by atoms with Crippen LogP contribution in [-0.4, -0.2) is 36.0 Å². The van der Waals surface area contributed by atoms with E-state index < -0.39 is 17.0 Å². The van der Waals surface area contributed by atoms with Gasteiger partial charge in [0.05, 0.1) is 11.1 Å². The molecule has 0 bridgehead atoms. The van der Waals surface area contributed by atoms with Crippen LogP contribution < -0.4 is 4.90 Å². The minimum absolute atomic E-state index is 0.00668. The first-order valence-corrected chi connectivity index (χ1v) is 15.7. The van der Waals surface area contributed by atoms with Crippen molar-refractivity contribution in [2.75, 3.05) is 18.0 Å². The van der Waals surface area contributed by atoms with E-state index in [1.807, 2.05) is 6.08 Å². The molecule has 4 aliphatic carbocycles. The summed E-state index contributed by atoms with van der Waals surface area (Å²) in [5.41, 5.74) is 5.08. The van der Waals surface area contributed by atoms with Gasteiger partial charge < -0.3 is 10.1 Å². The molecule has 0 radical (unpaired) electrons. The van der Waals surface area contributed by atoms with Crippen molar-refractivity contribution in [1.29, 1.82) is 0 Å². The van der Waals surface area contributed by atoms with Gasteiger partial charge in [-0.2, -0.15) is 13.2 Å². The second-order valence-corrected chi connectivity index (χ2v) is 13.2. The zero-order chi connectivity index (χ0) is 29.7. The number of rotatable bonds is 4. The molecule has 0 amide bonds. The predicted molar refractivity (Wildman–Crippen MR) is 159 cm³/mol. The van der Waals surface area contributed by atoms with Crippen LogP contribution >= 0.6 is 0 Å². The molecule has 5 atom stereocenters. The Morgan fingerprint density at radius 1 is 1.10 bits per heavy atom. The van der Waals surface area contributed by atoms with Gasteiger partial charge >= 0.3 is 6.18 Å². The van der Waals surface area contributed by atoms with Gasteiger partial charge in [-0.25, -0.2) is 0 Å². The molecule has 2 saturated carbocycles. The fourth-order valence-electron chi connectivity index (χ4n) is 9.36. The van der Waals surface area contributed by atoms with Crippen LogP contribution in [0.15, 0.2) is 52.2 Å². The highest BCUT2D eigenvalue weighted by Crippen LogP contribution is 2.70. The largest absolute Gasteiger partial charge is 0.457 e. The van der Waals surface area contributed by atoms with Crippen molar-refractivity contribution in [2.24, 2.45) is 27.8 Å². The Balaban J connectivity index is 1.48. The number of hydrogen-bond acceptors (Lipinski definition) is 4. The minimum atomic E-state index is -4.64. The molecule has 0 spiro atoms. The number of Topliss-reactive ketones (excluding diaryl/α,β-unsaturated/α-hetero) is 1. The maximum Gasteiger partial charge on any atom is 0.457 e. The molecule has 7 heteroatoms. The zero-order valence-electron chi connectivity index (χ0n) is 24.7. The number of oxime groups is 1. The fourth-order valence-corrected chi connectivity index (χ4v) is 9.36. The van der Waals surface area contributed by atoms with E-state index in [9.17, 15) is 23.2 Å². The maximum absolute atomic E-state index is 13.7. The minimum Gasteiger partial charge on any atom is -0.411 e. The van der Waals surface area contributed by atoms with Crippen LogP contribution in [0.25, 0.3) is 0 Å². The van der Waals surface area contributed by atoms with E-state index in [0.29, 0.717) is 31.4 Å². The number of alkyl halides is 3. The van der Waals surface area contributed by atoms with Crippen molar-refractivity contribution in [1.82, 2.24) is 0 Å². The highest BCUT2D eigenvalue weighted by atomic mass is 19.4. The lowest BCUT2D eigenvalue weighted by atomic mass is 9.48. The number of allylic oxidation sites excluding steroid dienone is 4. The van der Waals surface area contributed by atoms with Crippen molar-refractivity contribution in [2.45, 2.75) is 96.6 Å². The number of ketones is 1. The number of piperidine rings is 1. The van der Waals surface area contributed by atoms with E-state index >= 15 is 0 Å². The van der Waals surface area contributed by atoms with Gasteiger partial charge in [0.15, 0.2) is 5.78 Å². The molecule has 224 valence electrons. The van der Waals surface area contributed by atoms with Gasteiger partial charge in [-0.1, -0.05) is 42.6 Å². The van der Waals surface area contributed by atoms with Crippen LogP contribution in [-0.2, 0) is 4.79 Å². The number of nitrogens with zero attached hydrogens (tertiary/aromatic N) is 2. The van der Waals surface area contributed by atoms with E-state index in [1.54, 1.807) is 12.8 Å². The summed E-state index contributed by atoms with van der Waals surface area (Å²) in [4.78, 5) is 16.1. The summed E-state index contributed by atoms with van der Waals surface area (Å²) in [6, 6.07) is 8.83. The number of carbonyl (C=O) groups is 1. The van der Waals surface area contributed by atoms with Crippen molar-refractivity contribution >= 4 is 17.2 Å². The monoisotopic (exact) mass is 578 g/mol.